The molecule has 1 aromatic rings. The SMILES string of the molecule is NNc1ncc(Br)cc1C(=O)NCCOC1CCCC1. The van der Waals surface area contributed by atoms with Crippen LogP contribution < -0.4 is 16.6 Å². The summed E-state index contributed by atoms with van der Waals surface area (Å²) in [6, 6.07) is 1.68. The molecule has 0 aromatic carbocycles. The lowest BCUT2D eigenvalue weighted by Gasteiger charge is -2.12. The highest BCUT2D eigenvalue weighted by Gasteiger charge is 2.16. The standard InChI is InChI=1S/C13H19BrN4O2/c14-9-7-11(12(18-15)17-8-9)13(19)16-5-6-20-10-3-1-2-4-10/h7-8,10H,1-6,15H2,(H,16,19)(H,17,18). The normalized spacial score (nSPS) is 15.3. The van der Waals surface area contributed by atoms with E-state index in [4.69, 9.17) is 10.6 Å². The fourth-order valence-electron chi connectivity index (χ4n) is 2.27. The van der Waals surface area contributed by atoms with Gasteiger partial charge >= 0.3 is 0 Å². The minimum Gasteiger partial charge on any atom is -0.376 e. The summed E-state index contributed by atoms with van der Waals surface area (Å²) >= 11 is 3.28. The number of carbonyl (C=O) groups is 1. The topological polar surface area (TPSA) is 89.3 Å². The molecule has 0 spiro atoms. The fraction of sp³-hybridized carbons (Fsp3) is 0.538. The molecular weight excluding hydrogens is 324 g/mol. The Morgan fingerprint density at radius 2 is 2.25 bits per heavy atom. The number of nitrogen functional groups attached to an aromatic ring is 1. The summed E-state index contributed by atoms with van der Waals surface area (Å²) in [6.45, 7) is 1.01. The number of rotatable bonds is 6. The Morgan fingerprint density at radius 1 is 1.50 bits per heavy atom. The molecule has 0 aliphatic heterocycles. The highest BCUT2D eigenvalue weighted by Crippen LogP contribution is 2.20. The third-order valence-corrected chi connectivity index (χ3v) is 3.71. The van der Waals surface area contributed by atoms with Gasteiger partial charge in [-0.3, -0.25) is 4.79 Å². The minimum atomic E-state index is -0.221. The van der Waals surface area contributed by atoms with E-state index in [1.54, 1.807) is 12.3 Å². The van der Waals surface area contributed by atoms with E-state index in [1.807, 2.05) is 0 Å². The van der Waals surface area contributed by atoms with Crippen LogP contribution in [0.15, 0.2) is 16.7 Å². The third kappa shape index (κ3) is 4.16. The first kappa shape index (κ1) is 15.2. The van der Waals surface area contributed by atoms with Crippen molar-refractivity contribution in [1.29, 1.82) is 0 Å². The van der Waals surface area contributed by atoms with E-state index in [1.165, 1.54) is 12.8 Å². The number of pyridine rings is 1. The number of nitrogens with one attached hydrogen (secondary N) is 2. The maximum absolute atomic E-state index is 12.0. The van der Waals surface area contributed by atoms with Gasteiger partial charge in [-0.05, 0) is 34.8 Å². The van der Waals surface area contributed by atoms with Gasteiger partial charge in [0.15, 0.2) is 5.82 Å². The van der Waals surface area contributed by atoms with Gasteiger partial charge in [0.05, 0.1) is 18.3 Å². The number of hydrazine groups is 1. The van der Waals surface area contributed by atoms with E-state index in [-0.39, 0.29) is 5.91 Å². The Hall–Kier alpha value is -1.18. The maximum atomic E-state index is 12.0. The number of hydrogen-bond donors (Lipinski definition) is 3. The van der Waals surface area contributed by atoms with Crippen molar-refractivity contribution in [3.8, 4) is 0 Å². The van der Waals surface area contributed by atoms with Crippen molar-refractivity contribution in [1.82, 2.24) is 10.3 Å². The maximum Gasteiger partial charge on any atom is 0.255 e. The van der Waals surface area contributed by atoms with Crippen molar-refractivity contribution in [3.05, 3.63) is 22.3 Å². The summed E-state index contributed by atoms with van der Waals surface area (Å²) in [5, 5.41) is 2.80. The van der Waals surface area contributed by atoms with Gasteiger partial charge < -0.3 is 15.5 Å². The molecule has 0 radical (unpaired) electrons. The minimum absolute atomic E-state index is 0.221. The third-order valence-electron chi connectivity index (χ3n) is 3.28. The molecule has 0 bridgehead atoms. The van der Waals surface area contributed by atoms with E-state index in [9.17, 15) is 4.79 Å². The van der Waals surface area contributed by atoms with Crippen LogP contribution in [0.4, 0.5) is 5.82 Å². The monoisotopic (exact) mass is 342 g/mol. The number of aromatic nitrogens is 1. The van der Waals surface area contributed by atoms with Crippen LogP contribution in [0.2, 0.25) is 0 Å². The summed E-state index contributed by atoms with van der Waals surface area (Å²) in [6.07, 6.45) is 6.68. The smallest absolute Gasteiger partial charge is 0.255 e. The lowest BCUT2D eigenvalue weighted by atomic mass is 10.2. The molecule has 20 heavy (non-hydrogen) atoms. The molecule has 1 fully saturated rings. The van der Waals surface area contributed by atoms with Gasteiger partial charge in [0, 0.05) is 17.2 Å². The number of nitrogens with two attached hydrogens (primary N) is 1. The molecule has 0 unspecified atom stereocenters. The molecule has 2 rings (SSSR count). The summed E-state index contributed by atoms with van der Waals surface area (Å²) in [5.74, 6) is 5.47. The Balaban J connectivity index is 1.80. The zero-order chi connectivity index (χ0) is 14.4. The Morgan fingerprint density at radius 3 is 2.95 bits per heavy atom. The number of carbonyl (C=O) groups excluding carboxylic acids is 1. The average Bonchev–Trinajstić information content (AvgIpc) is 2.96. The summed E-state index contributed by atoms with van der Waals surface area (Å²) in [4.78, 5) is 16.1. The predicted molar refractivity (Wildman–Crippen MR) is 80.3 cm³/mol. The van der Waals surface area contributed by atoms with E-state index in [0.29, 0.717) is 30.6 Å². The quantitative estimate of drug-likeness (QED) is 0.417. The van der Waals surface area contributed by atoms with Crippen LogP contribution in [0.1, 0.15) is 36.0 Å². The van der Waals surface area contributed by atoms with Crippen molar-refractivity contribution in [2.45, 2.75) is 31.8 Å². The first-order valence-electron chi connectivity index (χ1n) is 6.72. The zero-order valence-electron chi connectivity index (χ0n) is 11.2. The van der Waals surface area contributed by atoms with Crippen LogP contribution in [0, 0.1) is 0 Å². The number of halogens is 1. The van der Waals surface area contributed by atoms with Gasteiger partial charge in [0.25, 0.3) is 5.91 Å². The predicted octanol–water partition coefficient (Wildman–Crippen LogP) is 1.82. The van der Waals surface area contributed by atoms with Crippen molar-refractivity contribution >= 4 is 27.7 Å². The fourth-order valence-corrected chi connectivity index (χ4v) is 2.60. The van der Waals surface area contributed by atoms with Gasteiger partial charge in [0.2, 0.25) is 0 Å². The van der Waals surface area contributed by atoms with Crippen molar-refractivity contribution in [2.75, 3.05) is 18.6 Å². The van der Waals surface area contributed by atoms with Gasteiger partial charge in [0.1, 0.15) is 0 Å². The van der Waals surface area contributed by atoms with Crippen molar-refractivity contribution in [3.63, 3.8) is 0 Å². The number of ether oxygens (including phenoxy) is 1. The van der Waals surface area contributed by atoms with Crippen LogP contribution in [-0.2, 0) is 4.74 Å². The zero-order valence-corrected chi connectivity index (χ0v) is 12.8. The molecule has 1 aromatic heterocycles. The molecule has 6 nitrogen and oxygen atoms in total. The Kier molecular flexibility index (Phi) is 5.75. The van der Waals surface area contributed by atoms with Crippen molar-refractivity contribution in [2.24, 2.45) is 5.84 Å². The summed E-state index contributed by atoms with van der Waals surface area (Å²) < 4.78 is 6.42. The number of hydrogen-bond acceptors (Lipinski definition) is 5. The molecule has 1 amide bonds. The second kappa shape index (κ2) is 7.56. The lowest BCUT2D eigenvalue weighted by Crippen LogP contribution is -2.29. The lowest BCUT2D eigenvalue weighted by molar-refractivity contribution is 0.0582. The van der Waals surface area contributed by atoms with Crippen LogP contribution in [0.25, 0.3) is 0 Å². The summed E-state index contributed by atoms with van der Waals surface area (Å²) in [5.41, 5.74) is 2.82. The highest BCUT2D eigenvalue weighted by atomic mass is 79.9. The molecule has 110 valence electrons. The van der Waals surface area contributed by atoms with Gasteiger partial charge in [-0.15, -0.1) is 0 Å². The number of nitrogens with zero attached hydrogens (tertiary/aromatic N) is 1. The van der Waals surface area contributed by atoms with E-state index < -0.39 is 0 Å². The molecule has 0 atom stereocenters. The van der Waals surface area contributed by atoms with Gasteiger partial charge in [-0.1, -0.05) is 12.8 Å². The van der Waals surface area contributed by atoms with E-state index in [0.717, 1.165) is 17.3 Å². The van der Waals surface area contributed by atoms with Crippen LogP contribution in [-0.4, -0.2) is 30.1 Å². The molecule has 0 saturated heterocycles. The molecule has 1 heterocycles. The van der Waals surface area contributed by atoms with Crippen LogP contribution >= 0.6 is 15.9 Å². The number of anilines is 1. The van der Waals surface area contributed by atoms with E-state index in [2.05, 4.69) is 31.7 Å². The molecule has 7 heteroatoms. The van der Waals surface area contributed by atoms with E-state index >= 15 is 0 Å². The largest absolute Gasteiger partial charge is 0.376 e. The van der Waals surface area contributed by atoms with Gasteiger partial charge in [-0.2, -0.15) is 0 Å². The van der Waals surface area contributed by atoms with Gasteiger partial charge in [-0.25, -0.2) is 10.8 Å². The summed E-state index contributed by atoms with van der Waals surface area (Å²) in [7, 11) is 0. The molecule has 1 saturated carbocycles. The van der Waals surface area contributed by atoms with Crippen LogP contribution in [0.5, 0.6) is 0 Å². The first-order valence-corrected chi connectivity index (χ1v) is 7.52. The van der Waals surface area contributed by atoms with Crippen molar-refractivity contribution < 1.29 is 9.53 Å². The average molecular weight is 343 g/mol. The number of amides is 1. The molecule has 4 N–H and O–H groups in total. The molecular formula is C13H19BrN4O2. The highest BCUT2D eigenvalue weighted by molar-refractivity contribution is 9.10. The second-order valence-electron chi connectivity index (χ2n) is 4.73. The Labute approximate surface area is 126 Å². The second-order valence-corrected chi connectivity index (χ2v) is 5.64. The molecule has 1 aliphatic carbocycles. The van der Waals surface area contributed by atoms with Crippen LogP contribution in [0.3, 0.4) is 0 Å². The first-order chi connectivity index (χ1) is 9.70. The molecule has 1 aliphatic rings. The Bertz CT molecular complexity index is 464.